The monoisotopic (exact) mass is 189 g/mol. The lowest BCUT2D eigenvalue weighted by Gasteiger charge is -2.08. The minimum atomic E-state index is 0.691. The molecule has 0 bridgehead atoms. The fourth-order valence-electron chi connectivity index (χ4n) is 1.16. The Bertz CT molecular complexity index is 355. The summed E-state index contributed by atoms with van der Waals surface area (Å²) >= 11 is 0. The van der Waals surface area contributed by atoms with E-state index in [-0.39, 0.29) is 0 Å². The lowest BCUT2D eigenvalue weighted by molar-refractivity contribution is 0.392. The maximum absolute atomic E-state index is 8.44. The van der Waals surface area contributed by atoms with Gasteiger partial charge in [-0.1, -0.05) is 6.07 Å². The summed E-state index contributed by atoms with van der Waals surface area (Å²) in [6, 6.07) is 7.40. The van der Waals surface area contributed by atoms with Gasteiger partial charge in [-0.05, 0) is 18.2 Å². The first-order chi connectivity index (χ1) is 6.83. The summed E-state index contributed by atoms with van der Waals surface area (Å²) in [5.41, 5.74) is 0.777. The lowest BCUT2D eigenvalue weighted by Crippen LogP contribution is -1.91. The molecule has 0 spiro atoms. The molecule has 1 aromatic rings. The molecule has 0 aliphatic heterocycles. The van der Waals surface area contributed by atoms with Gasteiger partial charge in [-0.25, -0.2) is 0 Å². The molecule has 0 heterocycles. The average Bonchev–Trinajstić information content (AvgIpc) is 2.25. The Morgan fingerprint density at radius 2 is 1.79 bits per heavy atom. The van der Waals surface area contributed by atoms with Crippen LogP contribution in [0.5, 0.6) is 11.5 Å². The van der Waals surface area contributed by atoms with E-state index in [2.05, 4.69) is 0 Å². The second-order valence-corrected chi connectivity index (χ2v) is 2.54. The third-order valence-electron chi connectivity index (χ3n) is 1.79. The van der Waals surface area contributed by atoms with Crippen LogP contribution < -0.4 is 9.47 Å². The summed E-state index contributed by atoms with van der Waals surface area (Å²) in [6.45, 7) is 0. The minimum Gasteiger partial charge on any atom is -0.496 e. The van der Waals surface area contributed by atoms with Crippen LogP contribution in [0.15, 0.2) is 24.3 Å². The topological polar surface area (TPSA) is 42.2 Å². The average molecular weight is 189 g/mol. The SMILES string of the molecule is COc1cccc(OC)c1/C=C/C#N. The van der Waals surface area contributed by atoms with Crippen LogP contribution >= 0.6 is 0 Å². The molecule has 0 atom stereocenters. The largest absolute Gasteiger partial charge is 0.496 e. The summed E-state index contributed by atoms with van der Waals surface area (Å²) in [5, 5.41) is 8.44. The smallest absolute Gasteiger partial charge is 0.129 e. The molecule has 0 saturated carbocycles. The van der Waals surface area contributed by atoms with E-state index in [1.807, 2.05) is 24.3 Å². The van der Waals surface area contributed by atoms with Gasteiger partial charge in [0, 0.05) is 6.08 Å². The van der Waals surface area contributed by atoms with E-state index in [4.69, 9.17) is 14.7 Å². The Morgan fingerprint density at radius 3 is 2.21 bits per heavy atom. The van der Waals surface area contributed by atoms with E-state index in [9.17, 15) is 0 Å². The molecule has 72 valence electrons. The second-order valence-electron chi connectivity index (χ2n) is 2.54. The Morgan fingerprint density at radius 1 is 1.21 bits per heavy atom. The molecule has 1 rings (SSSR count). The molecule has 0 N–H and O–H groups in total. The quantitative estimate of drug-likeness (QED) is 0.685. The van der Waals surface area contributed by atoms with Gasteiger partial charge in [0.25, 0.3) is 0 Å². The summed E-state index contributed by atoms with van der Waals surface area (Å²) < 4.78 is 10.3. The van der Waals surface area contributed by atoms with E-state index >= 15 is 0 Å². The number of allylic oxidation sites excluding steroid dienone is 1. The van der Waals surface area contributed by atoms with Crippen LogP contribution in [-0.4, -0.2) is 14.2 Å². The van der Waals surface area contributed by atoms with Crippen molar-refractivity contribution in [2.75, 3.05) is 14.2 Å². The predicted octanol–water partition coefficient (Wildman–Crippen LogP) is 2.24. The zero-order valence-corrected chi connectivity index (χ0v) is 8.15. The number of hydrogen-bond donors (Lipinski definition) is 0. The molecule has 0 aliphatic rings. The molecule has 3 nitrogen and oxygen atoms in total. The number of ether oxygens (including phenoxy) is 2. The zero-order chi connectivity index (χ0) is 10.4. The van der Waals surface area contributed by atoms with E-state index < -0.39 is 0 Å². The van der Waals surface area contributed by atoms with E-state index in [1.54, 1.807) is 20.3 Å². The Balaban J connectivity index is 3.20. The summed E-state index contributed by atoms with van der Waals surface area (Å²) in [4.78, 5) is 0. The first kappa shape index (κ1) is 10.1. The van der Waals surface area contributed by atoms with Crippen molar-refractivity contribution in [1.29, 1.82) is 5.26 Å². The molecule has 0 fully saturated rings. The molecule has 3 heteroatoms. The molecule has 0 radical (unpaired) electrons. The van der Waals surface area contributed by atoms with E-state index in [1.165, 1.54) is 6.08 Å². The summed E-state index contributed by atoms with van der Waals surface area (Å²) in [7, 11) is 3.16. The van der Waals surface area contributed by atoms with Gasteiger partial charge in [-0.2, -0.15) is 5.26 Å². The molecular weight excluding hydrogens is 178 g/mol. The molecule has 0 amide bonds. The van der Waals surface area contributed by atoms with Crippen LogP contribution in [0.2, 0.25) is 0 Å². The maximum atomic E-state index is 8.44. The van der Waals surface area contributed by atoms with Crippen molar-refractivity contribution in [3.8, 4) is 17.6 Å². The van der Waals surface area contributed by atoms with E-state index in [0.29, 0.717) is 11.5 Å². The number of nitrogens with zero attached hydrogens (tertiary/aromatic N) is 1. The molecule has 0 unspecified atom stereocenters. The van der Waals surface area contributed by atoms with Gasteiger partial charge in [0.2, 0.25) is 0 Å². The van der Waals surface area contributed by atoms with Gasteiger partial charge in [-0.15, -0.1) is 0 Å². The van der Waals surface area contributed by atoms with Crippen molar-refractivity contribution in [3.05, 3.63) is 29.8 Å². The van der Waals surface area contributed by atoms with Gasteiger partial charge in [0.15, 0.2) is 0 Å². The predicted molar refractivity (Wildman–Crippen MR) is 54.2 cm³/mol. The lowest BCUT2D eigenvalue weighted by atomic mass is 10.1. The molecule has 1 aromatic carbocycles. The van der Waals surface area contributed by atoms with Crippen molar-refractivity contribution in [3.63, 3.8) is 0 Å². The van der Waals surface area contributed by atoms with Crippen LogP contribution in [0, 0.1) is 11.3 Å². The van der Waals surface area contributed by atoms with Gasteiger partial charge in [-0.3, -0.25) is 0 Å². The van der Waals surface area contributed by atoms with Crippen molar-refractivity contribution < 1.29 is 9.47 Å². The highest BCUT2D eigenvalue weighted by Gasteiger charge is 2.05. The first-order valence-electron chi connectivity index (χ1n) is 4.10. The summed E-state index contributed by atoms with van der Waals surface area (Å²) in [6.07, 6.45) is 3.05. The Labute approximate surface area is 83.2 Å². The van der Waals surface area contributed by atoms with E-state index in [0.717, 1.165) is 5.56 Å². The fraction of sp³-hybridized carbons (Fsp3) is 0.182. The van der Waals surface area contributed by atoms with Crippen molar-refractivity contribution >= 4 is 6.08 Å². The van der Waals surface area contributed by atoms with Crippen LogP contribution in [-0.2, 0) is 0 Å². The van der Waals surface area contributed by atoms with Gasteiger partial charge < -0.3 is 9.47 Å². The molecule has 0 aromatic heterocycles. The number of nitriles is 1. The standard InChI is InChI=1S/C11H11NO2/c1-13-10-6-3-7-11(14-2)9(10)5-4-8-12/h3-7H,1-2H3/b5-4+. The molecular formula is C11H11NO2. The normalized spacial score (nSPS) is 9.79. The second kappa shape index (κ2) is 4.93. The summed E-state index contributed by atoms with van der Waals surface area (Å²) in [5.74, 6) is 1.38. The highest BCUT2D eigenvalue weighted by molar-refractivity contribution is 5.65. The van der Waals surface area contributed by atoms with Crippen LogP contribution in [0.3, 0.4) is 0 Å². The van der Waals surface area contributed by atoms with Gasteiger partial charge in [0.1, 0.15) is 11.5 Å². The highest BCUT2D eigenvalue weighted by Crippen LogP contribution is 2.29. The Hall–Kier alpha value is -1.95. The van der Waals surface area contributed by atoms with Crippen molar-refractivity contribution in [2.45, 2.75) is 0 Å². The number of benzene rings is 1. The molecule has 14 heavy (non-hydrogen) atoms. The highest BCUT2D eigenvalue weighted by atomic mass is 16.5. The third-order valence-corrected chi connectivity index (χ3v) is 1.79. The Kier molecular flexibility index (Phi) is 3.57. The van der Waals surface area contributed by atoms with Crippen LogP contribution in [0.4, 0.5) is 0 Å². The maximum Gasteiger partial charge on any atom is 0.129 e. The first-order valence-corrected chi connectivity index (χ1v) is 4.10. The van der Waals surface area contributed by atoms with Crippen LogP contribution in [0.1, 0.15) is 5.56 Å². The van der Waals surface area contributed by atoms with Gasteiger partial charge in [0.05, 0.1) is 25.9 Å². The fourth-order valence-corrected chi connectivity index (χ4v) is 1.16. The number of hydrogen-bond acceptors (Lipinski definition) is 3. The molecule has 0 aliphatic carbocycles. The molecule has 0 saturated heterocycles. The van der Waals surface area contributed by atoms with Crippen molar-refractivity contribution in [2.24, 2.45) is 0 Å². The minimum absolute atomic E-state index is 0.691. The zero-order valence-electron chi connectivity index (χ0n) is 8.15. The number of methoxy groups -OCH3 is 2. The van der Waals surface area contributed by atoms with Crippen LogP contribution in [0.25, 0.3) is 6.08 Å². The third kappa shape index (κ3) is 2.05. The number of rotatable bonds is 3. The van der Waals surface area contributed by atoms with Crippen molar-refractivity contribution in [1.82, 2.24) is 0 Å². The van der Waals surface area contributed by atoms with Gasteiger partial charge >= 0.3 is 0 Å².